The lowest BCUT2D eigenvalue weighted by atomic mass is 10.2. The lowest BCUT2D eigenvalue weighted by Crippen LogP contribution is -2.45. The zero-order chi connectivity index (χ0) is 9.68. The molecule has 0 amide bonds. The quantitative estimate of drug-likeness (QED) is 0.647. The first kappa shape index (κ1) is 11.3. The standard InChI is InChI=1S/C10H21NOS/c1-9-7-11(5-4-6-13-3)8-10(2)12-9/h9-10H,4-8H2,1-3H3. The second kappa shape index (κ2) is 5.89. The van der Waals surface area contributed by atoms with Gasteiger partial charge in [0.1, 0.15) is 0 Å². The van der Waals surface area contributed by atoms with Crippen molar-refractivity contribution in [2.24, 2.45) is 0 Å². The highest BCUT2D eigenvalue weighted by Gasteiger charge is 2.21. The molecule has 13 heavy (non-hydrogen) atoms. The Balaban J connectivity index is 2.17. The van der Waals surface area contributed by atoms with Gasteiger partial charge in [-0.2, -0.15) is 11.8 Å². The highest BCUT2D eigenvalue weighted by Crippen LogP contribution is 2.11. The Morgan fingerprint density at radius 1 is 1.31 bits per heavy atom. The van der Waals surface area contributed by atoms with Crippen molar-refractivity contribution >= 4 is 11.8 Å². The maximum atomic E-state index is 5.68. The van der Waals surface area contributed by atoms with E-state index in [2.05, 4.69) is 25.0 Å². The van der Waals surface area contributed by atoms with Crippen molar-refractivity contribution in [2.75, 3.05) is 31.6 Å². The highest BCUT2D eigenvalue weighted by molar-refractivity contribution is 7.98. The van der Waals surface area contributed by atoms with Crippen molar-refractivity contribution in [3.8, 4) is 0 Å². The van der Waals surface area contributed by atoms with Crippen molar-refractivity contribution in [2.45, 2.75) is 32.5 Å². The summed E-state index contributed by atoms with van der Waals surface area (Å²) in [6, 6.07) is 0. The molecule has 0 spiro atoms. The summed E-state index contributed by atoms with van der Waals surface area (Å²) in [6.45, 7) is 7.78. The van der Waals surface area contributed by atoms with Crippen LogP contribution in [0.3, 0.4) is 0 Å². The van der Waals surface area contributed by atoms with Crippen molar-refractivity contribution < 1.29 is 4.74 Å². The molecular formula is C10H21NOS. The van der Waals surface area contributed by atoms with Gasteiger partial charge in [-0.15, -0.1) is 0 Å². The Morgan fingerprint density at radius 2 is 1.92 bits per heavy atom. The predicted octanol–water partition coefficient (Wildman–Crippen LogP) is 1.85. The molecule has 0 aromatic heterocycles. The zero-order valence-electron chi connectivity index (χ0n) is 8.95. The molecule has 0 N–H and O–H groups in total. The molecule has 2 atom stereocenters. The minimum Gasteiger partial charge on any atom is -0.373 e. The monoisotopic (exact) mass is 203 g/mol. The minimum absolute atomic E-state index is 0.415. The summed E-state index contributed by atoms with van der Waals surface area (Å²) in [5, 5.41) is 0. The maximum absolute atomic E-state index is 5.68. The average molecular weight is 203 g/mol. The Hall–Kier alpha value is 0.270. The Bertz CT molecular complexity index is 133. The van der Waals surface area contributed by atoms with E-state index in [9.17, 15) is 0 Å². The van der Waals surface area contributed by atoms with E-state index in [0.29, 0.717) is 12.2 Å². The third kappa shape index (κ3) is 4.34. The zero-order valence-corrected chi connectivity index (χ0v) is 9.77. The van der Waals surface area contributed by atoms with Gasteiger partial charge in [-0.05, 0) is 38.8 Å². The molecule has 78 valence electrons. The van der Waals surface area contributed by atoms with Crippen molar-refractivity contribution in [3.63, 3.8) is 0 Å². The summed E-state index contributed by atoms with van der Waals surface area (Å²) < 4.78 is 5.68. The molecule has 1 rings (SSSR count). The van der Waals surface area contributed by atoms with Crippen LogP contribution in [0.1, 0.15) is 20.3 Å². The van der Waals surface area contributed by atoms with Gasteiger partial charge in [0.2, 0.25) is 0 Å². The van der Waals surface area contributed by atoms with Gasteiger partial charge in [0.05, 0.1) is 12.2 Å². The lowest BCUT2D eigenvalue weighted by molar-refractivity contribution is -0.0677. The number of rotatable bonds is 4. The molecule has 1 aliphatic heterocycles. The second-order valence-corrected chi connectivity index (χ2v) is 4.85. The SMILES string of the molecule is CSCCCN1CC(C)OC(C)C1. The van der Waals surface area contributed by atoms with E-state index in [-0.39, 0.29) is 0 Å². The van der Waals surface area contributed by atoms with E-state index in [4.69, 9.17) is 4.74 Å². The Morgan fingerprint density at radius 3 is 2.46 bits per heavy atom. The van der Waals surface area contributed by atoms with Gasteiger partial charge in [0.15, 0.2) is 0 Å². The van der Waals surface area contributed by atoms with Gasteiger partial charge in [0.25, 0.3) is 0 Å². The summed E-state index contributed by atoms with van der Waals surface area (Å²) in [4.78, 5) is 2.52. The molecule has 1 fully saturated rings. The molecule has 3 heteroatoms. The van der Waals surface area contributed by atoms with Gasteiger partial charge < -0.3 is 4.74 Å². The Labute approximate surface area is 86.0 Å². The van der Waals surface area contributed by atoms with Gasteiger partial charge in [-0.3, -0.25) is 4.90 Å². The van der Waals surface area contributed by atoms with Crippen LogP contribution in [-0.2, 0) is 4.74 Å². The number of hydrogen-bond acceptors (Lipinski definition) is 3. The minimum atomic E-state index is 0.415. The topological polar surface area (TPSA) is 12.5 Å². The van der Waals surface area contributed by atoms with E-state index in [1.165, 1.54) is 18.7 Å². The third-order valence-electron chi connectivity index (χ3n) is 2.32. The summed E-state index contributed by atoms with van der Waals surface area (Å²) in [6.07, 6.45) is 4.31. The van der Waals surface area contributed by atoms with Gasteiger partial charge in [-0.1, -0.05) is 0 Å². The lowest BCUT2D eigenvalue weighted by Gasteiger charge is -2.35. The van der Waals surface area contributed by atoms with Crippen molar-refractivity contribution in [1.82, 2.24) is 4.90 Å². The molecule has 0 radical (unpaired) electrons. The molecular weight excluding hydrogens is 182 g/mol. The van der Waals surface area contributed by atoms with Crippen molar-refractivity contribution in [3.05, 3.63) is 0 Å². The summed E-state index contributed by atoms with van der Waals surface area (Å²) in [5.74, 6) is 1.28. The fraction of sp³-hybridized carbons (Fsp3) is 1.00. The van der Waals surface area contributed by atoms with Crippen LogP contribution in [-0.4, -0.2) is 48.8 Å². The van der Waals surface area contributed by atoms with Crippen LogP contribution in [0.25, 0.3) is 0 Å². The molecule has 0 aromatic rings. The van der Waals surface area contributed by atoms with E-state index in [0.717, 1.165) is 13.1 Å². The number of hydrogen-bond donors (Lipinski definition) is 0. The normalized spacial score (nSPS) is 30.7. The largest absolute Gasteiger partial charge is 0.373 e. The van der Waals surface area contributed by atoms with Gasteiger partial charge >= 0.3 is 0 Å². The molecule has 2 unspecified atom stereocenters. The highest BCUT2D eigenvalue weighted by atomic mass is 32.2. The first-order valence-electron chi connectivity index (χ1n) is 5.09. The molecule has 2 nitrogen and oxygen atoms in total. The molecule has 0 saturated carbocycles. The van der Waals surface area contributed by atoms with Crippen LogP contribution in [0, 0.1) is 0 Å². The number of nitrogens with zero attached hydrogens (tertiary/aromatic N) is 1. The van der Waals surface area contributed by atoms with E-state index in [1.807, 2.05) is 11.8 Å². The molecule has 1 aliphatic rings. The van der Waals surface area contributed by atoms with E-state index < -0.39 is 0 Å². The second-order valence-electron chi connectivity index (χ2n) is 3.86. The van der Waals surface area contributed by atoms with Crippen LogP contribution in [0.15, 0.2) is 0 Å². The van der Waals surface area contributed by atoms with Crippen LogP contribution >= 0.6 is 11.8 Å². The number of morpholine rings is 1. The Kier molecular flexibility index (Phi) is 5.14. The van der Waals surface area contributed by atoms with Crippen LogP contribution < -0.4 is 0 Å². The molecule has 0 aromatic carbocycles. The van der Waals surface area contributed by atoms with Crippen molar-refractivity contribution in [1.29, 1.82) is 0 Å². The van der Waals surface area contributed by atoms with E-state index in [1.54, 1.807) is 0 Å². The summed E-state index contributed by atoms with van der Waals surface area (Å²) in [7, 11) is 0. The van der Waals surface area contributed by atoms with Crippen LogP contribution in [0.5, 0.6) is 0 Å². The van der Waals surface area contributed by atoms with Crippen LogP contribution in [0.2, 0.25) is 0 Å². The maximum Gasteiger partial charge on any atom is 0.0678 e. The fourth-order valence-electron chi connectivity index (χ4n) is 1.90. The first-order valence-corrected chi connectivity index (χ1v) is 6.48. The average Bonchev–Trinajstić information content (AvgIpc) is 2.03. The molecule has 1 heterocycles. The molecule has 1 saturated heterocycles. The summed E-state index contributed by atoms with van der Waals surface area (Å²) >= 11 is 1.93. The van der Waals surface area contributed by atoms with Gasteiger partial charge in [0, 0.05) is 13.1 Å². The molecule has 0 bridgehead atoms. The fourth-order valence-corrected chi connectivity index (χ4v) is 2.32. The first-order chi connectivity index (χ1) is 6.22. The smallest absolute Gasteiger partial charge is 0.0678 e. The number of ether oxygens (including phenoxy) is 1. The summed E-state index contributed by atoms with van der Waals surface area (Å²) in [5.41, 5.74) is 0. The third-order valence-corrected chi connectivity index (χ3v) is 3.01. The van der Waals surface area contributed by atoms with Crippen LogP contribution in [0.4, 0.5) is 0 Å². The van der Waals surface area contributed by atoms with Gasteiger partial charge in [-0.25, -0.2) is 0 Å². The van der Waals surface area contributed by atoms with E-state index >= 15 is 0 Å². The molecule has 0 aliphatic carbocycles. The predicted molar refractivity (Wildman–Crippen MR) is 59.4 cm³/mol. The number of thioether (sulfide) groups is 1.